The predicted octanol–water partition coefficient (Wildman–Crippen LogP) is 1.88. The van der Waals surface area contributed by atoms with E-state index in [0.717, 1.165) is 32.4 Å². The van der Waals surface area contributed by atoms with Crippen molar-refractivity contribution in [1.29, 1.82) is 0 Å². The van der Waals surface area contributed by atoms with Gasteiger partial charge >= 0.3 is 0 Å². The number of nitrogens with two attached hydrogens (primary N) is 1. The summed E-state index contributed by atoms with van der Waals surface area (Å²) in [5.74, 6) is 0.197. The molecule has 4 nitrogen and oxygen atoms in total. The SMILES string of the molecule is CC1(C)CN(CC(=O)NC2CCCCCC2)CCC1N. The summed E-state index contributed by atoms with van der Waals surface area (Å²) >= 11 is 0. The highest BCUT2D eigenvalue weighted by Gasteiger charge is 2.34. The van der Waals surface area contributed by atoms with Gasteiger partial charge in [-0.1, -0.05) is 39.5 Å². The lowest BCUT2D eigenvalue weighted by molar-refractivity contribution is -0.123. The van der Waals surface area contributed by atoms with Gasteiger partial charge in [-0.2, -0.15) is 0 Å². The minimum Gasteiger partial charge on any atom is -0.352 e. The van der Waals surface area contributed by atoms with E-state index in [1.54, 1.807) is 0 Å². The van der Waals surface area contributed by atoms with Crippen LogP contribution in [0.3, 0.4) is 0 Å². The molecule has 2 fully saturated rings. The number of rotatable bonds is 3. The lowest BCUT2D eigenvalue weighted by atomic mass is 9.80. The first-order valence-corrected chi connectivity index (χ1v) is 8.25. The number of carbonyl (C=O) groups is 1. The Labute approximate surface area is 123 Å². The molecular weight excluding hydrogens is 250 g/mol. The van der Waals surface area contributed by atoms with Crippen LogP contribution >= 0.6 is 0 Å². The highest BCUT2D eigenvalue weighted by molar-refractivity contribution is 5.78. The maximum atomic E-state index is 12.2. The quantitative estimate of drug-likeness (QED) is 0.777. The second kappa shape index (κ2) is 6.90. The van der Waals surface area contributed by atoms with Crippen LogP contribution in [-0.4, -0.2) is 42.5 Å². The number of nitrogens with zero attached hydrogens (tertiary/aromatic N) is 1. The molecule has 1 saturated heterocycles. The Morgan fingerprint density at radius 1 is 1.20 bits per heavy atom. The molecule has 1 aliphatic heterocycles. The van der Waals surface area contributed by atoms with Crippen molar-refractivity contribution in [2.75, 3.05) is 19.6 Å². The van der Waals surface area contributed by atoms with Crippen molar-refractivity contribution in [3.8, 4) is 0 Å². The van der Waals surface area contributed by atoms with Crippen LogP contribution in [-0.2, 0) is 4.79 Å². The fraction of sp³-hybridized carbons (Fsp3) is 0.938. The maximum absolute atomic E-state index is 12.2. The molecule has 3 N–H and O–H groups in total. The van der Waals surface area contributed by atoms with Gasteiger partial charge in [-0.3, -0.25) is 9.69 Å². The molecule has 0 spiro atoms. The summed E-state index contributed by atoms with van der Waals surface area (Å²) in [6.07, 6.45) is 8.47. The fourth-order valence-corrected chi connectivity index (χ4v) is 3.52. The molecule has 1 amide bonds. The minimum absolute atomic E-state index is 0.112. The van der Waals surface area contributed by atoms with Gasteiger partial charge in [-0.25, -0.2) is 0 Å². The van der Waals surface area contributed by atoms with Crippen LogP contribution in [0.15, 0.2) is 0 Å². The molecule has 20 heavy (non-hydrogen) atoms. The summed E-state index contributed by atoms with van der Waals surface area (Å²) in [6, 6.07) is 0.661. The molecule has 1 aliphatic carbocycles. The summed E-state index contributed by atoms with van der Waals surface area (Å²) in [5.41, 5.74) is 6.26. The molecule has 1 heterocycles. The third-order valence-electron chi connectivity index (χ3n) is 4.98. The first-order chi connectivity index (χ1) is 9.47. The molecule has 0 aromatic rings. The fourth-order valence-electron chi connectivity index (χ4n) is 3.52. The topological polar surface area (TPSA) is 58.4 Å². The van der Waals surface area contributed by atoms with Crippen molar-refractivity contribution in [2.24, 2.45) is 11.1 Å². The summed E-state index contributed by atoms with van der Waals surface area (Å²) in [5, 5.41) is 3.23. The van der Waals surface area contributed by atoms with Crippen molar-refractivity contribution < 1.29 is 4.79 Å². The van der Waals surface area contributed by atoms with Gasteiger partial charge < -0.3 is 11.1 Å². The first-order valence-electron chi connectivity index (χ1n) is 8.25. The molecule has 0 radical (unpaired) electrons. The molecule has 116 valence electrons. The average molecular weight is 281 g/mol. The third-order valence-corrected chi connectivity index (χ3v) is 4.98. The number of likely N-dealkylation sites (tertiary alicyclic amines) is 1. The van der Waals surface area contributed by atoms with E-state index in [4.69, 9.17) is 5.73 Å². The largest absolute Gasteiger partial charge is 0.352 e. The molecule has 1 atom stereocenters. The van der Waals surface area contributed by atoms with Gasteiger partial charge in [0.1, 0.15) is 0 Å². The smallest absolute Gasteiger partial charge is 0.234 e. The Kier molecular flexibility index (Phi) is 5.44. The predicted molar refractivity (Wildman–Crippen MR) is 82.4 cm³/mol. The van der Waals surface area contributed by atoms with Crippen molar-refractivity contribution in [2.45, 2.75) is 70.9 Å². The van der Waals surface area contributed by atoms with E-state index in [1.165, 1.54) is 25.7 Å². The molecule has 1 unspecified atom stereocenters. The monoisotopic (exact) mass is 281 g/mol. The van der Waals surface area contributed by atoms with Crippen molar-refractivity contribution in [3.63, 3.8) is 0 Å². The summed E-state index contributed by atoms with van der Waals surface area (Å²) < 4.78 is 0. The Morgan fingerprint density at radius 2 is 1.85 bits per heavy atom. The first kappa shape index (κ1) is 15.8. The highest BCUT2D eigenvalue weighted by atomic mass is 16.2. The van der Waals surface area contributed by atoms with E-state index in [-0.39, 0.29) is 17.4 Å². The van der Waals surface area contributed by atoms with Crippen molar-refractivity contribution in [1.82, 2.24) is 10.2 Å². The lowest BCUT2D eigenvalue weighted by Gasteiger charge is -2.42. The molecule has 0 bridgehead atoms. The van der Waals surface area contributed by atoms with Crippen LogP contribution < -0.4 is 11.1 Å². The number of hydrogen-bond acceptors (Lipinski definition) is 3. The van der Waals surface area contributed by atoms with E-state index >= 15 is 0 Å². The van der Waals surface area contributed by atoms with E-state index in [1.807, 2.05) is 0 Å². The lowest BCUT2D eigenvalue weighted by Crippen LogP contribution is -2.54. The van der Waals surface area contributed by atoms with Crippen LogP contribution in [0.4, 0.5) is 0 Å². The average Bonchev–Trinajstić information content (AvgIpc) is 2.62. The van der Waals surface area contributed by atoms with Crippen molar-refractivity contribution >= 4 is 5.91 Å². The van der Waals surface area contributed by atoms with Gasteiger partial charge in [0.15, 0.2) is 0 Å². The molecule has 4 heteroatoms. The number of amides is 1. The minimum atomic E-state index is 0.112. The van der Waals surface area contributed by atoms with Crippen LogP contribution in [0.25, 0.3) is 0 Å². The zero-order valence-electron chi connectivity index (χ0n) is 13.2. The Hall–Kier alpha value is -0.610. The van der Waals surface area contributed by atoms with Crippen LogP contribution in [0, 0.1) is 5.41 Å². The molecule has 1 saturated carbocycles. The van der Waals surface area contributed by atoms with Gasteiger partial charge in [-0.05, 0) is 24.7 Å². The van der Waals surface area contributed by atoms with E-state index in [9.17, 15) is 4.79 Å². The Bertz CT molecular complexity index is 322. The summed E-state index contributed by atoms with van der Waals surface area (Å²) in [4.78, 5) is 14.5. The second-order valence-corrected chi connectivity index (χ2v) is 7.35. The van der Waals surface area contributed by atoms with E-state index < -0.39 is 0 Å². The van der Waals surface area contributed by atoms with E-state index in [0.29, 0.717) is 12.6 Å². The van der Waals surface area contributed by atoms with Crippen LogP contribution in [0.2, 0.25) is 0 Å². The standard InChI is InChI=1S/C16H31N3O/c1-16(2)12-19(10-9-14(16)17)11-15(20)18-13-7-5-3-4-6-8-13/h13-14H,3-12,17H2,1-2H3,(H,18,20). The van der Waals surface area contributed by atoms with Gasteiger partial charge in [0.25, 0.3) is 0 Å². The number of nitrogens with one attached hydrogen (secondary N) is 1. The van der Waals surface area contributed by atoms with Crippen molar-refractivity contribution in [3.05, 3.63) is 0 Å². The van der Waals surface area contributed by atoms with Gasteiger partial charge in [0.2, 0.25) is 5.91 Å². The Morgan fingerprint density at radius 3 is 2.45 bits per heavy atom. The normalized spacial score (nSPS) is 28.9. The number of carbonyl (C=O) groups excluding carboxylic acids is 1. The summed E-state index contributed by atoms with van der Waals surface area (Å²) in [6.45, 7) is 6.81. The Balaban J connectivity index is 1.76. The molecule has 0 aromatic carbocycles. The zero-order valence-corrected chi connectivity index (χ0v) is 13.2. The molecule has 2 rings (SSSR count). The van der Waals surface area contributed by atoms with Gasteiger partial charge in [-0.15, -0.1) is 0 Å². The molecule has 2 aliphatic rings. The summed E-state index contributed by atoms with van der Waals surface area (Å²) in [7, 11) is 0. The van der Waals surface area contributed by atoms with Gasteiger partial charge in [0.05, 0.1) is 6.54 Å². The zero-order chi connectivity index (χ0) is 14.6. The third kappa shape index (κ3) is 4.45. The highest BCUT2D eigenvalue weighted by Crippen LogP contribution is 2.27. The van der Waals surface area contributed by atoms with Crippen LogP contribution in [0.5, 0.6) is 0 Å². The molecular formula is C16H31N3O. The van der Waals surface area contributed by atoms with Gasteiger partial charge in [0, 0.05) is 25.2 Å². The molecule has 0 aromatic heterocycles. The number of hydrogen-bond donors (Lipinski definition) is 2. The van der Waals surface area contributed by atoms with Crippen LogP contribution in [0.1, 0.15) is 58.8 Å². The second-order valence-electron chi connectivity index (χ2n) is 7.35. The maximum Gasteiger partial charge on any atom is 0.234 e. The number of piperidine rings is 1. The van der Waals surface area contributed by atoms with E-state index in [2.05, 4.69) is 24.1 Å².